The van der Waals surface area contributed by atoms with Crippen molar-refractivity contribution in [2.45, 2.75) is 4.90 Å². The number of aromatic carboxylic acids is 1. The molecule has 8 heteroatoms. The van der Waals surface area contributed by atoms with Crippen molar-refractivity contribution < 1.29 is 23.1 Å². The minimum absolute atomic E-state index is 0.0303. The van der Waals surface area contributed by atoms with Gasteiger partial charge in [-0.15, -0.1) is 0 Å². The number of halogens is 1. The molecule has 3 N–H and O–H groups in total. The fourth-order valence-corrected chi connectivity index (χ4v) is 1.93. The van der Waals surface area contributed by atoms with Crippen LogP contribution in [0, 0.1) is 0 Å². The summed E-state index contributed by atoms with van der Waals surface area (Å²) in [5.41, 5.74) is 1.02. The van der Waals surface area contributed by atoms with Gasteiger partial charge < -0.3 is 9.84 Å². The summed E-state index contributed by atoms with van der Waals surface area (Å²) in [5, 5.41) is 13.8. The van der Waals surface area contributed by atoms with Gasteiger partial charge in [0.25, 0.3) is 0 Å². The Labute approximate surface area is 109 Å². The third-order valence-electron chi connectivity index (χ3n) is 1.92. The Morgan fingerprint density at radius 3 is 2.67 bits per heavy atom. The number of ether oxygens (including phenoxy) is 1. The summed E-state index contributed by atoms with van der Waals surface area (Å²) < 4.78 is 27.8. The first-order chi connectivity index (χ1) is 8.36. The molecule has 0 saturated heterocycles. The zero-order chi connectivity index (χ0) is 13.8. The Morgan fingerprint density at radius 2 is 2.17 bits per heavy atom. The lowest BCUT2D eigenvalue weighted by atomic mass is 10.2. The topological polar surface area (TPSA) is 107 Å². The van der Waals surface area contributed by atoms with E-state index in [0.717, 1.165) is 6.07 Å². The number of carbonyl (C=O) groups is 1. The molecule has 0 amide bonds. The Hall–Kier alpha value is -1.57. The average Bonchev–Trinajstić information content (AvgIpc) is 2.28. The SMILES string of the molecule is NS(=O)(=O)c1cc(C(=O)O)ccc1OC/C=C/Cl. The van der Waals surface area contributed by atoms with E-state index in [1.165, 1.54) is 23.7 Å². The van der Waals surface area contributed by atoms with Gasteiger partial charge in [-0.1, -0.05) is 11.6 Å². The molecule has 6 nitrogen and oxygen atoms in total. The van der Waals surface area contributed by atoms with E-state index in [0.29, 0.717) is 0 Å². The van der Waals surface area contributed by atoms with Gasteiger partial charge in [-0.3, -0.25) is 0 Å². The van der Waals surface area contributed by atoms with Gasteiger partial charge >= 0.3 is 5.97 Å². The van der Waals surface area contributed by atoms with E-state index in [9.17, 15) is 13.2 Å². The van der Waals surface area contributed by atoms with Gasteiger partial charge in [0.2, 0.25) is 10.0 Å². The zero-order valence-electron chi connectivity index (χ0n) is 9.04. The molecule has 1 rings (SSSR count). The van der Waals surface area contributed by atoms with Crippen LogP contribution in [0.1, 0.15) is 10.4 Å². The molecule has 0 atom stereocenters. The van der Waals surface area contributed by atoms with E-state index in [1.54, 1.807) is 0 Å². The van der Waals surface area contributed by atoms with Crippen molar-refractivity contribution in [3.05, 3.63) is 35.4 Å². The number of benzene rings is 1. The number of hydrogen-bond acceptors (Lipinski definition) is 4. The van der Waals surface area contributed by atoms with E-state index >= 15 is 0 Å². The Kier molecular flexibility index (Phi) is 4.71. The minimum Gasteiger partial charge on any atom is -0.488 e. The molecule has 0 fully saturated rings. The quantitative estimate of drug-likeness (QED) is 0.846. The molecule has 0 aliphatic heterocycles. The molecule has 98 valence electrons. The Bertz CT molecular complexity index is 582. The summed E-state index contributed by atoms with van der Waals surface area (Å²) >= 11 is 5.28. The highest BCUT2D eigenvalue weighted by Gasteiger charge is 2.18. The molecule has 0 heterocycles. The van der Waals surface area contributed by atoms with Crippen LogP contribution in [0.15, 0.2) is 34.7 Å². The highest BCUT2D eigenvalue weighted by atomic mass is 35.5. The first kappa shape index (κ1) is 14.5. The van der Waals surface area contributed by atoms with Gasteiger partial charge in [-0.2, -0.15) is 0 Å². The summed E-state index contributed by atoms with van der Waals surface area (Å²) in [4.78, 5) is 10.4. The maximum absolute atomic E-state index is 11.3. The molecule has 0 saturated carbocycles. The summed E-state index contributed by atoms with van der Waals surface area (Å²) in [7, 11) is -4.07. The average molecular weight is 292 g/mol. The van der Waals surface area contributed by atoms with Crippen LogP contribution >= 0.6 is 11.6 Å². The fraction of sp³-hybridized carbons (Fsp3) is 0.100. The smallest absolute Gasteiger partial charge is 0.335 e. The molecule has 0 radical (unpaired) electrons. The van der Waals surface area contributed by atoms with Crippen LogP contribution in [0.25, 0.3) is 0 Å². The third kappa shape index (κ3) is 3.73. The zero-order valence-corrected chi connectivity index (χ0v) is 10.6. The van der Waals surface area contributed by atoms with Crippen molar-refractivity contribution in [1.29, 1.82) is 0 Å². The molecular weight excluding hydrogens is 282 g/mol. The summed E-state index contributed by atoms with van der Waals surface area (Å²) in [5.74, 6) is -1.29. The van der Waals surface area contributed by atoms with Crippen LogP contribution in [0.2, 0.25) is 0 Å². The third-order valence-corrected chi connectivity index (χ3v) is 3.03. The standard InChI is InChI=1S/C10H10ClNO5S/c11-4-1-5-17-8-3-2-7(10(13)14)6-9(8)18(12,15)16/h1-4,6H,5H2,(H,13,14)(H2,12,15,16)/b4-1+. The van der Waals surface area contributed by atoms with Gasteiger partial charge in [0.1, 0.15) is 17.3 Å². The summed E-state index contributed by atoms with van der Waals surface area (Å²) in [6.07, 6.45) is 1.44. The van der Waals surface area contributed by atoms with Gasteiger partial charge in [0.15, 0.2) is 0 Å². The van der Waals surface area contributed by atoms with E-state index in [4.69, 9.17) is 26.6 Å². The van der Waals surface area contributed by atoms with Crippen LogP contribution < -0.4 is 9.88 Å². The van der Waals surface area contributed by atoms with Crippen LogP contribution in [-0.4, -0.2) is 26.1 Å². The lowest BCUT2D eigenvalue weighted by Gasteiger charge is -2.09. The van der Waals surface area contributed by atoms with Crippen LogP contribution in [0.3, 0.4) is 0 Å². The lowest BCUT2D eigenvalue weighted by molar-refractivity contribution is 0.0696. The largest absolute Gasteiger partial charge is 0.488 e. The molecule has 0 spiro atoms. The van der Waals surface area contributed by atoms with Gasteiger partial charge in [0.05, 0.1) is 5.56 Å². The predicted octanol–water partition coefficient (Wildman–Crippen LogP) is 1.16. The van der Waals surface area contributed by atoms with Crippen molar-refractivity contribution in [1.82, 2.24) is 0 Å². The minimum atomic E-state index is -4.07. The predicted molar refractivity (Wildman–Crippen MR) is 65.3 cm³/mol. The Morgan fingerprint density at radius 1 is 1.50 bits per heavy atom. The fourth-order valence-electron chi connectivity index (χ4n) is 1.16. The second-order valence-electron chi connectivity index (χ2n) is 3.18. The molecule has 0 unspecified atom stereocenters. The van der Waals surface area contributed by atoms with Gasteiger partial charge in [0, 0.05) is 5.54 Å². The first-order valence-electron chi connectivity index (χ1n) is 4.64. The molecule has 0 bridgehead atoms. The number of carboxylic acid groups (broad SMARTS) is 1. The van der Waals surface area contributed by atoms with Crippen LogP contribution in [0.4, 0.5) is 0 Å². The summed E-state index contributed by atoms with van der Waals surface area (Å²) in [6.45, 7) is 0.0401. The first-order valence-corrected chi connectivity index (χ1v) is 6.62. The van der Waals surface area contributed by atoms with E-state index in [-0.39, 0.29) is 22.8 Å². The number of rotatable bonds is 5. The Balaban J connectivity index is 3.22. The second kappa shape index (κ2) is 5.85. The number of carboxylic acids is 1. The summed E-state index contributed by atoms with van der Waals surface area (Å²) in [6, 6.07) is 3.39. The van der Waals surface area contributed by atoms with E-state index < -0.39 is 16.0 Å². The highest BCUT2D eigenvalue weighted by Crippen LogP contribution is 2.24. The normalized spacial score (nSPS) is 11.7. The molecular formula is C10H10ClNO5S. The van der Waals surface area contributed by atoms with Gasteiger partial charge in [-0.05, 0) is 24.3 Å². The van der Waals surface area contributed by atoms with Crippen molar-refractivity contribution in [2.75, 3.05) is 6.61 Å². The van der Waals surface area contributed by atoms with Crippen molar-refractivity contribution in [3.8, 4) is 5.75 Å². The number of nitrogens with two attached hydrogens (primary N) is 1. The number of primary sulfonamides is 1. The lowest BCUT2D eigenvalue weighted by Crippen LogP contribution is -2.15. The maximum atomic E-state index is 11.3. The van der Waals surface area contributed by atoms with E-state index in [2.05, 4.69) is 0 Å². The molecule has 0 aromatic heterocycles. The molecule has 1 aromatic carbocycles. The maximum Gasteiger partial charge on any atom is 0.335 e. The monoisotopic (exact) mass is 291 g/mol. The molecule has 0 aliphatic rings. The molecule has 0 aliphatic carbocycles. The molecule has 1 aromatic rings. The highest BCUT2D eigenvalue weighted by molar-refractivity contribution is 7.89. The molecule has 18 heavy (non-hydrogen) atoms. The second-order valence-corrected chi connectivity index (χ2v) is 4.97. The number of hydrogen-bond donors (Lipinski definition) is 2. The van der Waals surface area contributed by atoms with Crippen LogP contribution in [-0.2, 0) is 10.0 Å². The van der Waals surface area contributed by atoms with E-state index in [1.807, 2.05) is 0 Å². The van der Waals surface area contributed by atoms with Crippen LogP contribution in [0.5, 0.6) is 5.75 Å². The van der Waals surface area contributed by atoms with Crippen molar-refractivity contribution in [2.24, 2.45) is 5.14 Å². The van der Waals surface area contributed by atoms with Crippen molar-refractivity contribution >= 4 is 27.6 Å². The van der Waals surface area contributed by atoms with Crippen molar-refractivity contribution in [3.63, 3.8) is 0 Å². The number of sulfonamides is 1. The van der Waals surface area contributed by atoms with Gasteiger partial charge in [-0.25, -0.2) is 18.4 Å².